The predicted octanol–water partition coefficient (Wildman–Crippen LogP) is 8.47. The lowest BCUT2D eigenvalue weighted by Gasteiger charge is -2.09. The molecule has 0 saturated carbocycles. The molecule has 3 rings (SSSR count). The maximum absolute atomic E-state index is 12.6. The molecule has 0 atom stereocenters. The second-order valence-corrected chi connectivity index (χ2v) is 9.59. The minimum Gasteiger partial charge on any atom is -0.494 e. The molecule has 39 heavy (non-hydrogen) atoms. The number of anilines is 1. The Bertz CT molecular complexity index is 1120. The van der Waals surface area contributed by atoms with Gasteiger partial charge in [-0.3, -0.25) is 4.79 Å². The van der Waals surface area contributed by atoms with Gasteiger partial charge in [0.05, 0.1) is 18.8 Å². The number of hydrogen-bond donors (Lipinski definition) is 1. The van der Waals surface area contributed by atoms with Crippen LogP contribution in [0.2, 0.25) is 0 Å². The zero-order chi connectivity index (χ0) is 27.7. The van der Waals surface area contributed by atoms with Crippen LogP contribution in [0.15, 0.2) is 72.8 Å². The van der Waals surface area contributed by atoms with Crippen molar-refractivity contribution in [1.29, 1.82) is 0 Å². The van der Waals surface area contributed by atoms with Crippen LogP contribution in [-0.4, -0.2) is 25.1 Å². The van der Waals surface area contributed by atoms with Gasteiger partial charge in [0, 0.05) is 11.3 Å². The Kier molecular flexibility index (Phi) is 12.9. The first-order valence-electron chi connectivity index (χ1n) is 14.2. The Hall–Kier alpha value is -3.80. The molecule has 1 N–H and O–H groups in total. The number of carbonyl (C=O) groups is 2. The van der Waals surface area contributed by atoms with Crippen LogP contribution in [0.3, 0.4) is 0 Å². The van der Waals surface area contributed by atoms with Crippen molar-refractivity contribution in [1.82, 2.24) is 0 Å². The highest BCUT2D eigenvalue weighted by molar-refractivity contribution is 6.04. The lowest BCUT2D eigenvalue weighted by Crippen LogP contribution is -2.12. The molecule has 0 bridgehead atoms. The molecule has 0 fully saturated rings. The van der Waals surface area contributed by atoms with E-state index in [0.717, 1.165) is 37.2 Å². The second kappa shape index (κ2) is 16.9. The molecule has 208 valence electrons. The lowest BCUT2D eigenvalue weighted by molar-refractivity contribution is 0.0734. The van der Waals surface area contributed by atoms with Crippen LogP contribution in [0.25, 0.3) is 0 Å². The van der Waals surface area contributed by atoms with Crippen molar-refractivity contribution in [3.63, 3.8) is 0 Å². The zero-order valence-corrected chi connectivity index (χ0v) is 23.2. The van der Waals surface area contributed by atoms with Crippen molar-refractivity contribution >= 4 is 17.6 Å². The van der Waals surface area contributed by atoms with Gasteiger partial charge in [-0.15, -0.1) is 0 Å². The molecule has 0 aliphatic rings. The largest absolute Gasteiger partial charge is 0.494 e. The molecule has 0 heterocycles. The van der Waals surface area contributed by atoms with Crippen LogP contribution < -0.4 is 19.5 Å². The van der Waals surface area contributed by atoms with E-state index in [0.29, 0.717) is 35.8 Å². The number of benzene rings is 3. The van der Waals surface area contributed by atoms with Gasteiger partial charge in [-0.05, 0) is 85.6 Å². The highest BCUT2D eigenvalue weighted by Crippen LogP contribution is 2.20. The summed E-state index contributed by atoms with van der Waals surface area (Å²) in [6.07, 6.45) is 10.6. The Balaban J connectivity index is 1.41. The molecule has 0 saturated heterocycles. The minimum absolute atomic E-state index is 0.235. The summed E-state index contributed by atoms with van der Waals surface area (Å²) in [4.78, 5) is 25.2. The van der Waals surface area contributed by atoms with E-state index in [1.54, 1.807) is 60.7 Å². The van der Waals surface area contributed by atoms with E-state index < -0.39 is 5.97 Å². The molecule has 0 radical (unpaired) electrons. The number of hydrogen-bond acceptors (Lipinski definition) is 5. The number of nitrogens with one attached hydrogen (secondary N) is 1. The summed E-state index contributed by atoms with van der Waals surface area (Å²) in [5, 5.41) is 2.85. The van der Waals surface area contributed by atoms with Crippen LogP contribution in [0.1, 0.15) is 92.4 Å². The highest BCUT2D eigenvalue weighted by Gasteiger charge is 2.11. The molecule has 6 heteroatoms. The number of ether oxygens (including phenoxy) is 3. The van der Waals surface area contributed by atoms with Crippen LogP contribution in [0, 0.1) is 0 Å². The summed E-state index contributed by atoms with van der Waals surface area (Å²) in [5.74, 6) is 1.25. The Morgan fingerprint density at radius 1 is 0.564 bits per heavy atom. The lowest BCUT2D eigenvalue weighted by atomic mass is 10.1. The summed E-state index contributed by atoms with van der Waals surface area (Å²) in [7, 11) is 0. The normalized spacial score (nSPS) is 10.6. The quantitative estimate of drug-likeness (QED) is 0.107. The third kappa shape index (κ3) is 10.8. The molecule has 0 unspecified atom stereocenters. The fourth-order valence-corrected chi connectivity index (χ4v) is 3.98. The highest BCUT2D eigenvalue weighted by atomic mass is 16.5. The first-order chi connectivity index (χ1) is 19.1. The molecular formula is C33H41NO5. The van der Waals surface area contributed by atoms with Gasteiger partial charge >= 0.3 is 5.97 Å². The number of esters is 1. The average Bonchev–Trinajstić information content (AvgIpc) is 2.96. The van der Waals surface area contributed by atoms with Gasteiger partial charge in [0.1, 0.15) is 17.2 Å². The summed E-state index contributed by atoms with van der Waals surface area (Å²) < 4.78 is 17.0. The zero-order valence-electron chi connectivity index (χ0n) is 23.2. The first-order valence-corrected chi connectivity index (χ1v) is 14.2. The maximum atomic E-state index is 12.6. The van der Waals surface area contributed by atoms with E-state index in [9.17, 15) is 9.59 Å². The van der Waals surface area contributed by atoms with Crippen LogP contribution >= 0.6 is 0 Å². The molecular weight excluding hydrogens is 490 g/mol. The van der Waals surface area contributed by atoms with Crippen LogP contribution in [-0.2, 0) is 0 Å². The second-order valence-electron chi connectivity index (χ2n) is 9.59. The predicted molar refractivity (Wildman–Crippen MR) is 156 cm³/mol. The van der Waals surface area contributed by atoms with Gasteiger partial charge in [-0.25, -0.2) is 4.79 Å². The van der Waals surface area contributed by atoms with Gasteiger partial charge in [-0.2, -0.15) is 0 Å². The number of rotatable bonds is 17. The summed E-state index contributed by atoms with van der Waals surface area (Å²) in [6.45, 7) is 5.73. The Labute approximate surface area is 232 Å². The van der Waals surface area contributed by atoms with E-state index in [4.69, 9.17) is 14.2 Å². The Morgan fingerprint density at radius 2 is 1.03 bits per heavy atom. The van der Waals surface area contributed by atoms with Crippen molar-refractivity contribution < 1.29 is 23.8 Å². The van der Waals surface area contributed by atoms with E-state index in [1.807, 2.05) is 12.1 Å². The first kappa shape index (κ1) is 29.8. The maximum Gasteiger partial charge on any atom is 0.343 e. The van der Waals surface area contributed by atoms with Crippen molar-refractivity contribution in [2.45, 2.75) is 71.6 Å². The third-order valence-electron chi connectivity index (χ3n) is 6.31. The number of unbranched alkanes of at least 4 members (excludes halogenated alkanes) is 7. The van der Waals surface area contributed by atoms with Gasteiger partial charge in [0.25, 0.3) is 5.91 Å². The standard InChI is InChI=1S/C33H41NO5/c1-3-5-7-8-9-11-25-38-30-20-22-31(23-21-30)39-33(36)27-12-16-28(17-13-27)34-32(35)26-14-18-29(19-15-26)37-24-10-6-4-2/h12-23H,3-11,24-25H2,1-2H3,(H,34,35). The molecule has 0 aliphatic heterocycles. The summed E-state index contributed by atoms with van der Waals surface area (Å²) >= 11 is 0. The topological polar surface area (TPSA) is 73.9 Å². The third-order valence-corrected chi connectivity index (χ3v) is 6.31. The van der Waals surface area contributed by atoms with E-state index in [2.05, 4.69) is 19.2 Å². The molecule has 0 aromatic heterocycles. The van der Waals surface area contributed by atoms with Gasteiger partial charge < -0.3 is 19.5 Å². The number of carbonyl (C=O) groups excluding carboxylic acids is 2. The molecule has 1 amide bonds. The van der Waals surface area contributed by atoms with Gasteiger partial charge in [-0.1, -0.05) is 58.8 Å². The fraction of sp³-hybridized carbons (Fsp3) is 0.394. The molecule has 0 spiro atoms. The fourth-order valence-electron chi connectivity index (χ4n) is 3.98. The van der Waals surface area contributed by atoms with Crippen molar-refractivity contribution in [3.05, 3.63) is 83.9 Å². The summed E-state index contributed by atoms with van der Waals surface area (Å²) in [5.41, 5.74) is 1.50. The molecule has 6 nitrogen and oxygen atoms in total. The molecule has 0 aliphatic carbocycles. The van der Waals surface area contributed by atoms with Crippen LogP contribution in [0.4, 0.5) is 5.69 Å². The van der Waals surface area contributed by atoms with Crippen molar-refractivity contribution in [2.24, 2.45) is 0 Å². The van der Waals surface area contributed by atoms with Gasteiger partial charge in [0.15, 0.2) is 0 Å². The average molecular weight is 532 g/mol. The smallest absolute Gasteiger partial charge is 0.343 e. The van der Waals surface area contributed by atoms with Crippen molar-refractivity contribution in [3.8, 4) is 17.2 Å². The monoisotopic (exact) mass is 531 g/mol. The van der Waals surface area contributed by atoms with E-state index in [-0.39, 0.29) is 5.91 Å². The number of amides is 1. The summed E-state index contributed by atoms with van der Waals surface area (Å²) in [6, 6.07) is 20.8. The Morgan fingerprint density at radius 3 is 1.64 bits per heavy atom. The van der Waals surface area contributed by atoms with Crippen LogP contribution in [0.5, 0.6) is 17.2 Å². The minimum atomic E-state index is -0.469. The van der Waals surface area contributed by atoms with E-state index in [1.165, 1.54) is 32.1 Å². The van der Waals surface area contributed by atoms with Crippen molar-refractivity contribution in [2.75, 3.05) is 18.5 Å². The molecule has 3 aromatic rings. The van der Waals surface area contributed by atoms with E-state index >= 15 is 0 Å². The SMILES string of the molecule is CCCCCCCCOc1ccc(OC(=O)c2ccc(NC(=O)c3ccc(OCCCCC)cc3)cc2)cc1. The van der Waals surface area contributed by atoms with Gasteiger partial charge in [0.2, 0.25) is 0 Å². The molecule has 3 aromatic carbocycles.